The lowest BCUT2D eigenvalue weighted by Gasteiger charge is -2.42. The summed E-state index contributed by atoms with van der Waals surface area (Å²) >= 11 is 0. The Bertz CT molecular complexity index is 1880. The van der Waals surface area contributed by atoms with Gasteiger partial charge in [-0.2, -0.15) is 0 Å². The molecule has 0 amide bonds. The predicted molar refractivity (Wildman–Crippen MR) is 151 cm³/mol. The van der Waals surface area contributed by atoms with Crippen molar-refractivity contribution in [2.24, 2.45) is 0 Å². The highest BCUT2D eigenvalue weighted by Gasteiger charge is 2.45. The van der Waals surface area contributed by atoms with Crippen LogP contribution in [0.4, 0.5) is 0 Å². The number of hydrogen-bond donors (Lipinski definition) is 1. The van der Waals surface area contributed by atoms with Crippen molar-refractivity contribution in [2.45, 2.75) is 5.41 Å². The van der Waals surface area contributed by atoms with E-state index in [2.05, 4.69) is 138 Å². The number of nitrogens with one attached hydrogen (secondary N) is 1. The van der Waals surface area contributed by atoms with Gasteiger partial charge in [0.05, 0.1) is 10.9 Å². The molecule has 8 rings (SSSR count). The van der Waals surface area contributed by atoms with Crippen LogP contribution in [0.25, 0.3) is 43.7 Å². The first-order valence-electron chi connectivity index (χ1n) is 12.5. The molecule has 36 heavy (non-hydrogen) atoms. The van der Waals surface area contributed by atoms with E-state index in [9.17, 15) is 0 Å². The van der Waals surface area contributed by atoms with E-state index in [4.69, 9.17) is 0 Å². The molecule has 168 valence electrons. The summed E-state index contributed by atoms with van der Waals surface area (Å²) in [6.07, 6.45) is 0. The van der Waals surface area contributed by atoms with E-state index in [0.29, 0.717) is 0 Å². The van der Waals surface area contributed by atoms with Gasteiger partial charge in [0.15, 0.2) is 0 Å². The molecule has 1 aromatic heterocycles. The monoisotopic (exact) mass is 457 g/mol. The molecule has 0 atom stereocenters. The molecule has 0 saturated carbocycles. The molecule has 1 heteroatoms. The number of aromatic nitrogens is 1. The highest BCUT2D eigenvalue weighted by atomic mass is 14.7. The van der Waals surface area contributed by atoms with Crippen LogP contribution in [0.3, 0.4) is 0 Å². The lowest BCUT2D eigenvalue weighted by Crippen LogP contribution is -2.34. The van der Waals surface area contributed by atoms with Crippen LogP contribution in [0.1, 0.15) is 22.3 Å². The highest BCUT2D eigenvalue weighted by Crippen LogP contribution is 2.57. The van der Waals surface area contributed by atoms with E-state index in [0.717, 1.165) is 0 Å². The first kappa shape index (κ1) is 19.7. The normalized spacial score (nSPS) is 13.8. The zero-order valence-corrected chi connectivity index (χ0v) is 19.7. The van der Waals surface area contributed by atoms with Gasteiger partial charge in [0.25, 0.3) is 0 Å². The summed E-state index contributed by atoms with van der Waals surface area (Å²) in [4.78, 5) is 3.86. The zero-order chi connectivity index (χ0) is 23.7. The maximum atomic E-state index is 3.86. The van der Waals surface area contributed by atoms with Gasteiger partial charge in [0, 0.05) is 21.9 Å². The molecule has 0 spiro atoms. The quantitative estimate of drug-likeness (QED) is 0.267. The Morgan fingerprint density at radius 1 is 0.472 bits per heavy atom. The predicted octanol–water partition coefficient (Wildman–Crippen LogP) is 8.84. The molecule has 0 saturated heterocycles. The summed E-state index contributed by atoms with van der Waals surface area (Å²) in [6, 6.07) is 49.0. The molecule has 1 heterocycles. The smallest absolute Gasteiger partial charge is 0.0734 e. The second-order valence-electron chi connectivity index (χ2n) is 9.77. The fraction of sp³-hybridized carbons (Fsp3) is 0.0286. The molecule has 0 fully saturated rings. The van der Waals surface area contributed by atoms with Crippen LogP contribution in [-0.4, -0.2) is 4.98 Å². The second-order valence-corrected chi connectivity index (χ2v) is 9.77. The number of fused-ring (bicyclic) bond motifs is 6. The Morgan fingerprint density at radius 2 is 1.14 bits per heavy atom. The summed E-state index contributed by atoms with van der Waals surface area (Å²) in [5.41, 5.74) is 9.77. The van der Waals surface area contributed by atoms with Crippen LogP contribution >= 0.6 is 0 Å². The van der Waals surface area contributed by atoms with E-state index in [1.54, 1.807) is 0 Å². The topological polar surface area (TPSA) is 15.8 Å². The third-order valence-corrected chi connectivity index (χ3v) is 8.07. The van der Waals surface area contributed by atoms with Crippen LogP contribution in [0.5, 0.6) is 0 Å². The van der Waals surface area contributed by atoms with Gasteiger partial charge < -0.3 is 4.98 Å². The summed E-state index contributed by atoms with van der Waals surface area (Å²) in [5, 5.41) is 5.16. The minimum Gasteiger partial charge on any atom is -0.354 e. The molecule has 6 aromatic carbocycles. The average Bonchev–Trinajstić information content (AvgIpc) is 3.34. The van der Waals surface area contributed by atoms with Crippen LogP contribution in [-0.2, 0) is 5.41 Å². The molecule has 7 aromatic rings. The van der Waals surface area contributed by atoms with Crippen LogP contribution in [0.15, 0.2) is 133 Å². The maximum Gasteiger partial charge on any atom is 0.0734 e. The lowest BCUT2D eigenvalue weighted by molar-refractivity contribution is 0.755. The minimum atomic E-state index is -0.466. The van der Waals surface area contributed by atoms with Crippen molar-refractivity contribution in [2.75, 3.05) is 0 Å². The number of rotatable bonds is 2. The third-order valence-electron chi connectivity index (χ3n) is 8.07. The molecule has 0 radical (unpaired) electrons. The Hall–Kier alpha value is -4.62. The summed E-state index contributed by atoms with van der Waals surface area (Å²) in [5.74, 6) is 0. The standard InChI is InChI=1S/C35H23N/c1-3-13-24(14-4-1)35(25-15-5-2-6-16-25)30-19-10-12-23-11-9-18-27(32(23)30)28-21-22-29-26-17-7-8-20-31(26)36-34(29)33(28)35/h1-22,36H. The Morgan fingerprint density at radius 3 is 1.89 bits per heavy atom. The van der Waals surface area contributed by atoms with Crippen molar-refractivity contribution in [3.63, 3.8) is 0 Å². The SMILES string of the molecule is c1ccc(C2(c3ccccc3)c3c(ccc4c3[nH]c3ccccc34)-c3cccc4cccc2c34)cc1. The molecule has 1 aliphatic rings. The van der Waals surface area contributed by atoms with Crippen molar-refractivity contribution >= 4 is 32.6 Å². The number of aromatic amines is 1. The largest absolute Gasteiger partial charge is 0.354 e. The summed E-state index contributed by atoms with van der Waals surface area (Å²) in [6.45, 7) is 0. The highest BCUT2D eigenvalue weighted by molar-refractivity contribution is 6.14. The number of benzene rings is 6. The molecule has 0 unspecified atom stereocenters. The first-order chi connectivity index (χ1) is 17.9. The third kappa shape index (κ3) is 2.40. The van der Waals surface area contributed by atoms with Crippen LogP contribution in [0, 0.1) is 0 Å². The van der Waals surface area contributed by atoms with Gasteiger partial charge in [-0.15, -0.1) is 0 Å². The minimum absolute atomic E-state index is 0.466. The van der Waals surface area contributed by atoms with Gasteiger partial charge >= 0.3 is 0 Å². The fourth-order valence-corrected chi connectivity index (χ4v) is 6.69. The fourth-order valence-electron chi connectivity index (χ4n) is 6.69. The van der Waals surface area contributed by atoms with E-state index in [-0.39, 0.29) is 0 Å². The zero-order valence-electron chi connectivity index (χ0n) is 19.7. The number of H-pyrrole nitrogens is 1. The van der Waals surface area contributed by atoms with Gasteiger partial charge in [-0.25, -0.2) is 0 Å². The van der Waals surface area contributed by atoms with E-state index in [1.165, 1.54) is 66.0 Å². The maximum absolute atomic E-state index is 3.86. The van der Waals surface area contributed by atoms with Gasteiger partial charge in [0.2, 0.25) is 0 Å². The van der Waals surface area contributed by atoms with Crippen molar-refractivity contribution in [1.29, 1.82) is 0 Å². The Labute approximate surface area is 209 Å². The van der Waals surface area contributed by atoms with Crippen LogP contribution in [0.2, 0.25) is 0 Å². The number of hydrogen-bond acceptors (Lipinski definition) is 0. The summed E-state index contributed by atoms with van der Waals surface area (Å²) < 4.78 is 0. The lowest BCUT2D eigenvalue weighted by atomic mass is 9.59. The average molecular weight is 458 g/mol. The van der Waals surface area contributed by atoms with Crippen molar-refractivity contribution < 1.29 is 0 Å². The van der Waals surface area contributed by atoms with Gasteiger partial charge in [-0.1, -0.05) is 127 Å². The van der Waals surface area contributed by atoms with Crippen molar-refractivity contribution in [3.05, 3.63) is 156 Å². The van der Waals surface area contributed by atoms with Gasteiger partial charge in [0.1, 0.15) is 0 Å². The van der Waals surface area contributed by atoms with Gasteiger partial charge in [-0.05, 0) is 44.7 Å². The molecule has 1 nitrogen and oxygen atoms in total. The molecule has 0 bridgehead atoms. The second kappa shape index (κ2) is 7.19. The summed E-state index contributed by atoms with van der Waals surface area (Å²) in [7, 11) is 0. The molecule has 1 N–H and O–H groups in total. The van der Waals surface area contributed by atoms with E-state index in [1.807, 2.05) is 0 Å². The molecule has 1 aliphatic carbocycles. The molecular formula is C35H23N. The number of para-hydroxylation sites is 1. The van der Waals surface area contributed by atoms with E-state index >= 15 is 0 Å². The van der Waals surface area contributed by atoms with Crippen molar-refractivity contribution in [1.82, 2.24) is 4.98 Å². The Kier molecular flexibility index (Phi) is 3.93. The first-order valence-corrected chi connectivity index (χ1v) is 12.5. The van der Waals surface area contributed by atoms with Crippen LogP contribution < -0.4 is 0 Å². The van der Waals surface area contributed by atoms with E-state index < -0.39 is 5.41 Å². The van der Waals surface area contributed by atoms with Gasteiger partial charge in [-0.3, -0.25) is 0 Å². The molecule has 0 aliphatic heterocycles. The Balaban J connectivity index is 1.70. The molecular weight excluding hydrogens is 434 g/mol. The van der Waals surface area contributed by atoms with Crippen molar-refractivity contribution in [3.8, 4) is 11.1 Å².